The molecule has 0 aromatic rings. The molecule has 1 atom stereocenters. The Morgan fingerprint density at radius 1 is 1.22 bits per heavy atom. The molecule has 0 aliphatic heterocycles. The molecular weight excluding hydrogens is 266 g/mol. The minimum absolute atomic E-state index is 0. The number of carbonyl (C=O) groups excluding carboxylic acids is 1. The summed E-state index contributed by atoms with van der Waals surface area (Å²) in [5.41, 5.74) is 9.58. The Morgan fingerprint density at radius 3 is 1.61 bits per heavy atom. The third-order valence-electron chi connectivity index (χ3n) is 1.25. The number of aliphatic carboxylic acids is 2. The van der Waals surface area contributed by atoms with Crippen LogP contribution in [-0.2, 0) is 9.59 Å². The number of carboxylic acids is 2. The summed E-state index contributed by atoms with van der Waals surface area (Å²) in [5, 5.41) is 32.6. The molecule has 10 heteroatoms. The molecule has 1 unspecified atom stereocenters. The summed E-state index contributed by atoms with van der Waals surface area (Å²) in [6.07, 6.45) is 0.339. The van der Waals surface area contributed by atoms with Crippen LogP contribution >= 0.6 is 0 Å². The van der Waals surface area contributed by atoms with Crippen molar-refractivity contribution < 1.29 is 89.1 Å². The third-order valence-corrected chi connectivity index (χ3v) is 1.25. The Bertz CT molecular complexity index is 185. The van der Waals surface area contributed by atoms with E-state index in [9.17, 15) is 4.79 Å². The second-order valence-electron chi connectivity index (χ2n) is 2.37. The van der Waals surface area contributed by atoms with Crippen molar-refractivity contribution in [3.63, 3.8) is 0 Å². The molecule has 7 N–H and O–H groups in total. The zero-order valence-electron chi connectivity index (χ0n) is 10.8. The van der Waals surface area contributed by atoms with Gasteiger partial charge in [-0.25, -0.2) is 7.11 Å². The number of carbonyl (C=O) groups is 2. The Kier molecular flexibility index (Phi) is 45.8. The van der Waals surface area contributed by atoms with Gasteiger partial charge in [-0.15, -0.1) is 0 Å². The molecule has 0 aliphatic rings. The van der Waals surface area contributed by atoms with Gasteiger partial charge in [-0.2, -0.15) is 0 Å². The monoisotopic (exact) mass is 284 g/mol. The normalized spacial score (nSPS) is 8.94. The minimum atomic E-state index is -1.22. The van der Waals surface area contributed by atoms with E-state index in [2.05, 4.69) is 12.8 Å². The van der Waals surface area contributed by atoms with Crippen LogP contribution in [0.15, 0.2) is 0 Å². The molecule has 0 heterocycles. The van der Waals surface area contributed by atoms with Gasteiger partial charge in [-0.3, -0.25) is 4.79 Å². The second-order valence-corrected chi connectivity index (χ2v) is 2.37. The first-order valence-electron chi connectivity index (χ1n) is 4.24. The van der Waals surface area contributed by atoms with Crippen LogP contribution in [0, 0.1) is 13.0 Å². The minimum Gasteiger partial charge on any atom is -0.569 e. The van der Waals surface area contributed by atoms with Crippen molar-refractivity contribution in [3.8, 4) is 0 Å². The fourth-order valence-electron chi connectivity index (χ4n) is 0.494. The van der Waals surface area contributed by atoms with Crippen LogP contribution in [-0.4, -0.2) is 47.0 Å². The second kappa shape index (κ2) is 26.4. The first-order valence-corrected chi connectivity index (χ1v) is 4.24. The number of rotatable bonds is 5. The van der Waals surface area contributed by atoms with Crippen LogP contribution in [0.25, 0.3) is 0 Å². The summed E-state index contributed by atoms with van der Waals surface area (Å²) in [7, 11) is 2.25. The zero-order valence-corrected chi connectivity index (χ0v) is 14.8. The van der Waals surface area contributed by atoms with E-state index >= 15 is 0 Å². The first-order chi connectivity index (χ1) is 7.49. The predicted octanol–water partition coefficient (Wildman–Crippen LogP) is -9.12. The van der Waals surface area contributed by atoms with Gasteiger partial charge >= 0.3 is 65.1 Å². The molecule has 0 bridgehead atoms. The molecule has 0 fully saturated rings. The molecular formula is C8H18N2Na2O6. The fourth-order valence-corrected chi connectivity index (χ4v) is 0.494. The Balaban J connectivity index is -0.0000000546. The average Bonchev–Trinajstić information content (AvgIpc) is 2.28. The van der Waals surface area contributed by atoms with Gasteiger partial charge in [0.05, 0.1) is 18.5 Å². The molecule has 98 valence electrons. The molecule has 0 aromatic carbocycles. The number of hydrogen-bond acceptors (Lipinski definition) is 7. The van der Waals surface area contributed by atoms with Crippen molar-refractivity contribution in [2.45, 2.75) is 6.42 Å². The van der Waals surface area contributed by atoms with Gasteiger partial charge in [0, 0.05) is 6.54 Å². The molecule has 0 saturated carbocycles. The maximum atomic E-state index is 10.1. The fraction of sp³-hybridized carbons (Fsp3) is 0.625. The van der Waals surface area contributed by atoms with Crippen molar-refractivity contribution in [1.82, 2.24) is 0 Å². The van der Waals surface area contributed by atoms with E-state index < -0.39 is 17.9 Å². The largest absolute Gasteiger partial charge is 1.00 e. The molecule has 0 saturated heterocycles. The van der Waals surface area contributed by atoms with Crippen LogP contribution in [0.4, 0.5) is 0 Å². The number of nitrogens with two attached hydrogens (primary N) is 2. The number of aliphatic hydroxyl groups excluding tert-OH is 2. The van der Waals surface area contributed by atoms with Crippen LogP contribution in [0.2, 0.25) is 0 Å². The van der Waals surface area contributed by atoms with Gasteiger partial charge in [-0.1, -0.05) is 0 Å². The van der Waals surface area contributed by atoms with E-state index in [1.807, 2.05) is 0 Å². The van der Waals surface area contributed by atoms with Gasteiger partial charge in [0.15, 0.2) is 0 Å². The molecule has 0 spiro atoms. The van der Waals surface area contributed by atoms with Crippen molar-refractivity contribution in [3.05, 3.63) is 7.11 Å². The van der Waals surface area contributed by atoms with Crippen molar-refractivity contribution in [2.24, 2.45) is 17.4 Å². The molecule has 0 radical (unpaired) electrons. The van der Waals surface area contributed by atoms with Crippen molar-refractivity contribution >= 4 is 11.9 Å². The summed E-state index contributed by atoms with van der Waals surface area (Å²) in [6.45, 7) is -0.413. The van der Waals surface area contributed by atoms with Crippen molar-refractivity contribution in [2.75, 3.05) is 19.7 Å². The zero-order chi connectivity index (χ0) is 13.6. The van der Waals surface area contributed by atoms with E-state index in [1.165, 1.54) is 0 Å². The summed E-state index contributed by atoms with van der Waals surface area (Å²) in [6, 6.07) is 0. The molecule has 0 aromatic heterocycles. The third kappa shape index (κ3) is 30.1. The quantitative estimate of drug-likeness (QED) is 0.245. The first kappa shape index (κ1) is 31.3. The van der Waals surface area contributed by atoms with E-state index in [1.54, 1.807) is 0 Å². The van der Waals surface area contributed by atoms with Gasteiger partial charge in [0.25, 0.3) is 0 Å². The van der Waals surface area contributed by atoms with E-state index in [4.69, 9.17) is 31.0 Å². The Labute approximate surface area is 150 Å². The predicted molar refractivity (Wildman–Crippen MR) is 53.2 cm³/mol. The molecule has 0 rings (SSSR count). The van der Waals surface area contributed by atoms with Gasteiger partial charge in [-0.05, 0) is 13.0 Å². The van der Waals surface area contributed by atoms with E-state index in [0.29, 0.717) is 13.0 Å². The molecule has 0 aliphatic carbocycles. The van der Waals surface area contributed by atoms with Crippen LogP contribution in [0.5, 0.6) is 0 Å². The van der Waals surface area contributed by atoms with Gasteiger partial charge < -0.3 is 36.7 Å². The smallest absolute Gasteiger partial charge is 0.569 e. The maximum absolute atomic E-state index is 10.1. The Hall–Kier alpha value is 0.780. The summed E-state index contributed by atoms with van der Waals surface area (Å²) in [5.74, 6) is -2.89. The van der Waals surface area contributed by atoms with Crippen LogP contribution < -0.4 is 75.7 Å². The van der Waals surface area contributed by atoms with Crippen LogP contribution in [0.3, 0.4) is 0 Å². The van der Waals surface area contributed by atoms with Gasteiger partial charge in [0.1, 0.15) is 0 Å². The summed E-state index contributed by atoms with van der Waals surface area (Å²) >= 11 is 0. The van der Waals surface area contributed by atoms with Gasteiger partial charge in [0.2, 0.25) is 0 Å². The van der Waals surface area contributed by atoms with Crippen LogP contribution in [0.1, 0.15) is 6.42 Å². The average molecular weight is 284 g/mol. The Morgan fingerprint density at radius 2 is 1.56 bits per heavy atom. The summed E-state index contributed by atoms with van der Waals surface area (Å²) in [4.78, 5) is 19.2. The molecule has 0 amide bonds. The number of carboxylic acid groups (broad SMARTS) is 2. The molecule has 8 nitrogen and oxygen atoms in total. The number of aliphatic hydroxyl groups is 2. The SMILES string of the molecule is NCC(=O)[O-].NCCC(CO)C(=O)O.[CH2-]O.[Na+].[Na+]. The van der Waals surface area contributed by atoms with E-state index in [-0.39, 0.29) is 72.3 Å². The van der Waals surface area contributed by atoms with E-state index in [0.717, 1.165) is 0 Å². The number of hydrogen-bond donors (Lipinski definition) is 5. The topological polar surface area (TPSA) is 170 Å². The van der Waals surface area contributed by atoms with Crippen molar-refractivity contribution in [1.29, 1.82) is 0 Å². The summed E-state index contributed by atoms with van der Waals surface area (Å²) < 4.78 is 0. The maximum Gasteiger partial charge on any atom is 1.00 e. The standard InChI is InChI=1S/C5H11NO3.C2H5NO2.CH3O.2Na/c6-2-1-4(3-7)5(8)9;3-1-2(4)5;1-2;;/h4,7H,1-3,6H2,(H,8,9);1,3H2,(H,4,5);2H,1H2;;/q;;-1;2*+1/p-1. The molecule has 18 heavy (non-hydrogen) atoms.